The summed E-state index contributed by atoms with van der Waals surface area (Å²) in [4.78, 5) is 37.9. The minimum atomic E-state index is -0.707. The normalized spacial score (nSPS) is 21.9. The van der Waals surface area contributed by atoms with E-state index in [0.717, 1.165) is 12.8 Å². The Morgan fingerprint density at radius 1 is 1.38 bits per heavy atom. The summed E-state index contributed by atoms with van der Waals surface area (Å²) in [6.07, 6.45) is 5.55. The molecular formula is C19H19ClFN5O3. The zero-order valence-electron chi connectivity index (χ0n) is 15.4. The molecule has 3 N–H and O–H groups in total. The molecule has 0 spiro atoms. The van der Waals surface area contributed by atoms with Crippen molar-refractivity contribution in [3.05, 3.63) is 52.3 Å². The smallest absolute Gasteiger partial charge is 0.381 e. The van der Waals surface area contributed by atoms with E-state index in [1.54, 1.807) is 4.90 Å². The van der Waals surface area contributed by atoms with Crippen molar-refractivity contribution in [3.63, 3.8) is 0 Å². The molecule has 152 valence electrons. The van der Waals surface area contributed by atoms with Gasteiger partial charge in [-0.05, 0) is 43.4 Å². The highest BCUT2D eigenvalue weighted by atomic mass is 35.5. The molecule has 0 aliphatic carbocycles. The van der Waals surface area contributed by atoms with Gasteiger partial charge in [0, 0.05) is 30.9 Å². The summed E-state index contributed by atoms with van der Waals surface area (Å²) in [6.45, 7) is 0.349. The van der Waals surface area contributed by atoms with E-state index in [2.05, 4.69) is 15.1 Å². The molecule has 0 bridgehead atoms. The molecule has 29 heavy (non-hydrogen) atoms. The van der Waals surface area contributed by atoms with Gasteiger partial charge >= 0.3 is 5.97 Å². The van der Waals surface area contributed by atoms with E-state index >= 15 is 0 Å². The Labute approximate surface area is 170 Å². The second-order valence-electron chi connectivity index (χ2n) is 7.21. The lowest BCUT2D eigenvalue weighted by Crippen LogP contribution is -2.49. The largest absolute Gasteiger partial charge is 0.384 e. The molecule has 2 aliphatic heterocycles. The number of oxime groups is 1. The summed E-state index contributed by atoms with van der Waals surface area (Å²) in [6, 6.07) is 2.79. The SMILES string of the molecule is NC(=NOC(=O)c1cc(Cl)c[nH]1)[C@H]1CC[C@H]2CCc3cc(F)ncc3C(=O)N2C1. The van der Waals surface area contributed by atoms with Gasteiger partial charge in [0.1, 0.15) is 11.5 Å². The highest BCUT2D eigenvalue weighted by molar-refractivity contribution is 6.30. The Morgan fingerprint density at radius 2 is 2.21 bits per heavy atom. The van der Waals surface area contributed by atoms with Crippen LogP contribution in [0.4, 0.5) is 4.39 Å². The maximum atomic E-state index is 13.4. The number of pyridine rings is 1. The average Bonchev–Trinajstić information content (AvgIpc) is 3.10. The number of hydrogen-bond acceptors (Lipinski definition) is 5. The average molecular weight is 420 g/mol. The number of hydrogen-bond donors (Lipinski definition) is 2. The first-order valence-electron chi connectivity index (χ1n) is 9.26. The number of fused-ring (bicyclic) bond motifs is 2. The lowest BCUT2D eigenvalue weighted by Gasteiger charge is -2.38. The van der Waals surface area contributed by atoms with E-state index in [9.17, 15) is 14.0 Å². The van der Waals surface area contributed by atoms with Gasteiger partial charge in [-0.25, -0.2) is 9.78 Å². The fourth-order valence-corrected chi connectivity index (χ4v) is 4.03. The standard InChI is InChI=1S/C19H19ClFN5O3/c20-12-6-15(23-7-12)19(28)29-25-17(22)11-2-4-13-3-1-10-5-16(21)24-8-14(10)18(27)26(13)9-11/h5-8,11,13,23H,1-4,9H2,(H2,22,25)/t11-,13+/m0/s1. The number of amides is 1. The number of nitrogens with two attached hydrogens (primary N) is 1. The molecule has 0 radical (unpaired) electrons. The molecule has 1 saturated heterocycles. The Hall–Kier alpha value is -2.94. The molecule has 0 aromatic carbocycles. The van der Waals surface area contributed by atoms with Crippen LogP contribution in [-0.2, 0) is 11.3 Å². The fourth-order valence-electron chi connectivity index (χ4n) is 3.87. The monoisotopic (exact) mass is 419 g/mol. The van der Waals surface area contributed by atoms with Crippen LogP contribution in [0.5, 0.6) is 0 Å². The Kier molecular flexibility index (Phi) is 5.23. The van der Waals surface area contributed by atoms with Crippen molar-refractivity contribution in [2.24, 2.45) is 16.8 Å². The van der Waals surface area contributed by atoms with Crippen molar-refractivity contribution in [2.75, 3.05) is 6.54 Å². The van der Waals surface area contributed by atoms with Crippen molar-refractivity contribution >= 4 is 29.3 Å². The summed E-state index contributed by atoms with van der Waals surface area (Å²) in [5.74, 6) is -1.59. The van der Waals surface area contributed by atoms with Gasteiger partial charge in [0.15, 0.2) is 0 Å². The number of aryl methyl sites for hydroxylation is 1. The zero-order valence-corrected chi connectivity index (χ0v) is 16.2. The minimum absolute atomic E-state index is 0.0469. The topological polar surface area (TPSA) is 114 Å². The summed E-state index contributed by atoms with van der Waals surface area (Å²) >= 11 is 5.76. The molecule has 2 aliphatic rings. The van der Waals surface area contributed by atoms with Crippen LogP contribution in [0.15, 0.2) is 29.7 Å². The van der Waals surface area contributed by atoms with Gasteiger partial charge in [-0.15, -0.1) is 0 Å². The number of halogens is 2. The van der Waals surface area contributed by atoms with Gasteiger partial charge in [0.05, 0.1) is 10.6 Å². The number of aromatic amines is 1. The number of piperidine rings is 1. The number of aromatic nitrogens is 2. The van der Waals surface area contributed by atoms with Gasteiger partial charge in [-0.1, -0.05) is 16.8 Å². The van der Waals surface area contributed by atoms with Crippen molar-refractivity contribution in [3.8, 4) is 0 Å². The third-order valence-corrected chi connectivity index (χ3v) is 5.64. The summed E-state index contributed by atoms with van der Waals surface area (Å²) < 4.78 is 13.4. The van der Waals surface area contributed by atoms with E-state index < -0.39 is 11.9 Å². The molecule has 0 saturated carbocycles. The van der Waals surface area contributed by atoms with E-state index in [1.165, 1.54) is 24.5 Å². The molecule has 10 heteroatoms. The van der Waals surface area contributed by atoms with Crippen LogP contribution in [0.1, 0.15) is 45.7 Å². The van der Waals surface area contributed by atoms with Crippen LogP contribution in [0.25, 0.3) is 0 Å². The Bertz CT molecular complexity index is 992. The molecule has 4 rings (SSSR count). The number of rotatable bonds is 3. The lowest BCUT2D eigenvalue weighted by atomic mass is 9.90. The summed E-state index contributed by atoms with van der Waals surface area (Å²) in [5.41, 5.74) is 7.29. The van der Waals surface area contributed by atoms with Crippen molar-refractivity contribution in [1.82, 2.24) is 14.9 Å². The van der Waals surface area contributed by atoms with E-state index in [0.29, 0.717) is 35.5 Å². The number of amidine groups is 1. The van der Waals surface area contributed by atoms with Crippen LogP contribution in [-0.4, -0.2) is 45.2 Å². The third-order valence-electron chi connectivity index (χ3n) is 5.42. The minimum Gasteiger partial charge on any atom is -0.384 e. The summed E-state index contributed by atoms with van der Waals surface area (Å²) in [5, 5.41) is 4.13. The van der Waals surface area contributed by atoms with Gasteiger partial charge in [-0.2, -0.15) is 4.39 Å². The lowest BCUT2D eigenvalue weighted by molar-refractivity contribution is 0.0490. The quantitative estimate of drug-likeness (QED) is 0.261. The summed E-state index contributed by atoms with van der Waals surface area (Å²) in [7, 11) is 0. The van der Waals surface area contributed by atoms with Crippen molar-refractivity contribution in [2.45, 2.75) is 31.7 Å². The highest BCUT2D eigenvalue weighted by Gasteiger charge is 2.36. The van der Waals surface area contributed by atoms with Gasteiger partial charge in [0.25, 0.3) is 5.91 Å². The van der Waals surface area contributed by atoms with E-state index in [1.807, 2.05) is 0 Å². The van der Waals surface area contributed by atoms with Crippen LogP contribution < -0.4 is 5.73 Å². The van der Waals surface area contributed by atoms with E-state index in [-0.39, 0.29) is 29.4 Å². The zero-order chi connectivity index (χ0) is 20.5. The van der Waals surface area contributed by atoms with Crippen LogP contribution in [0.2, 0.25) is 5.02 Å². The molecule has 4 heterocycles. The maximum Gasteiger partial charge on any atom is 0.381 e. The molecule has 0 unspecified atom stereocenters. The first-order chi connectivity index (χ1) is 13.9. The predicted octanol–water partition coefficient (Wildman–Crippen LogP) is 2.50. The fraction of sp³-hybridized carbons (Fsp3) is 0.368. The number of H-pyrrole nitrogens is 1. The highest BCUT2D eigenvalue weighted by Crippen LogP contribution is 2.31. The molecule has 2 aromatic rings. The first-order valence-corrected chi connectivity index (χ1v) is 9.64. The van der Waals surface area contributed by atoms with E-state index in [4.69, 9.17) is 22.2 Å². The second kappa shape index (κ2) is 7.82. The third kappa shape index (κ3) is 3.95. The molecule has 8 nitrogen and oxygen atoms in total. The van der Waals surface area contributed by atoms with Crippen molar-refractivity contribution in [1.29, 1.82) is 0 Å². The second-order valence-corrected chi connectivity index (χ2v) is 7.65. The van der Waals surface area contributed by atoms with Crippen molar-refractivity contribution < 1.29 is 18.8 Å². The molecule has 2 atom stereocenters. The van der Waals surface area contributed by atoms with Gasteiger partial charge in [-0.3, -0.25) is 4.79 Å². The Balaban J connectivity index is 1.47. The predicted molar refractivity (Wildman–Crippen MR) is 103 cm³/mol. The van der Waals surface area contributed by atoms with Crippen LogP contribution in [0.3, 0.4) is 0 Å². The van der Waals surface area contributed by atoms with Crippen LogP contribution >= 0.6 is 11.6 Å². The molecular weight excluding hydrogens is 401 g/mol. The number of carbonyl (C=O) groups excluding carboxylic acids is 2. The molecule has 1 fully saturated rings. The maximum absolute atomic E-state index is 13.4. The number of carbonyl (C=O) groups is 2. The number of nitrogens with one attached hydrogen (secondary N) is 1. The number of nitrogens with zero attached hydrogens (tertiary/aromatic N) is 3. The first kappa shape index (κ1) is 19.4. The Morgan fingerprint density at radius 3 is 2.97 bits per heavy atom. The molecule has 2 aromatic heterocycles. The van der Waals surface area contributed by atoms with Gasteiger partial charge < -0.3 is 20.5 Å². The van der Waals surface area contributed by atoms with Gasteiger partial charge in [0.2, 0.25) is 5.95 Å². The molecule has 1 amide bonds. The van der Waals surface area contributed by atoms with Crippen LogP contribution in [0, 0.1) is 11.9 Å².